The van der Waals surface area contributed by atoms with Crippen molar-refractivity contribution in [3.63, 3.8) is 0 Å². The van der Waals surface area contributed by atoms with Crippen LogP contribution in [0.15, 0.2) is 24.3 Å². The molecule has 5 nitrogen and oxygen atoms in total. The Morgan fingerprint density at radius 3 is 2.30 bits per heavy atom. The van der Waals surface area contributed by atoms with Crippen molar-refractivity contribution in [2.24, 2.45) is 5.92 Å². The number of carbonyl (C=O) groups excluding carboxylic acids is 1. The van der Waals surface area contributed by atoms with Crippen molar-refractivity contribution in [3.05, 3.63) is 29.8 Å². The summed E-state index contributed by atoms with van der Waals surface area (Å²) in [5.74, 6) is -0.786. The van der Waals surface area contributed by atoms with Gasteiger partial charge in [-0.05, 0) is 37.6 Å². The number of hydrogen-bond acceptors (Lipinski definition) is 4. The fourth-order valence-corrected chi connectivity index (χ4v) is 1.42. The van der Waals surface area contributed by atoms with E-state index in [1.54, 1.807) is 19.1 Å². The van der Waals surface area contributed by atoms with Crippen molar-refractivity contribution in [2.75, 3.05) is 6.61 Å². The number of carboxylic acids is 1. The van der Waals surface area contributed by atoms with Gasteiger partial charge < -0.3 is 14.6 Å². The van der Waals surface area contributed by atoms with Gasteiger partial charge in [0.15, 0.2) is 0 Å². The Morgan fingerprint density at radius 1 is 1.20 bits per heavy atom. The van der Waals surface area contributed by atoms with Crippen LogP contribution in [0.4, 0.5) is 0 Å². The third-order valence-electron chi connectivity index (χ3n) is 2.92. The molecule has 1 aromatic carbocycles. The van der Waals surface area contributed by atoms with E-state index in [9.17, 15) is 9.59 Å². The van der Waals surface area contributed by atoms with Crippen LogP contribution in [0.3, 0.4) is 0 Å². The van der Waals surface area contributed by atoms with E-state index < -0.39 is 5.97 Å². The average molecular weight is 280 g/mol. The Hall–Kier alpha value is -2.04. The van der Waals surface area contributed by atoms with E-state index in [0.29, 0.717) is 5.75 Å². The van der Waals surface area contributed by atoms with Gasteiger partial charge in [0.25, 0.3) is 0 Å². The van der Waals surface area contributed by atoms with E-state index in [2.05, 4.69) is 0 Å². The fraction of sp³-hybridized carbons (Fsp3) is 0.467. The number of aromatic carboxylic acids is 1. The molecule has 0 heterocycles. The SMILES string of the molecule is CC[C@H](C)C(=O)O[C@@H](C)COc1ccc(C(=O)O)cc1. The minimum absolute atomic E-state index is 0.118. The van der Waals surface area contributed by atoms with E-state index in [1.165, 1.54) is 12.1 Å². The lowest BCUT2D eigenvalue weighted by Crippen LogP contribution is -2.25. The summed E-state index contributed by atoms with van der Waals surface area (Å²) in [6.45, 7) is 5.73. The number of carboxylic acid groups (broad SMARTS) is 1. The van der Waals surface area contributed by atoms with E-state index in [0.717, 1.165) is 6.42 Å². The standard InChI is InChI=1S/C15H20O5/c1-4-10(2)15(18)20-11(3)9-19-13-7-5-12(6-8-13)14(16)17/h5-8,10-11H,4,9H2,1-3H3,(H,16,17)/t10-,11-/m0/s1. The van der Waals surface area contributed by atoms with Gasteiger partial charge in [0.05, 0.1) is 11.5 Å². The lowest BCUT2D eigenvalue weighted by molar-refractivity contribution is -0.154. The van der Waals surface area contributed by atoms with Crippen molar-refractivity contribution in [1.29, 1.82) is 0 Å². The van der Waals surface area contributed by atoms with Crippen molar-refractivity contribution in [1.82, 2.24) is 0 Å². The van der Waals surface area contributed by atoms with Crippen LogP contribution in [0.2, 0.25) is 0 Å². The molecule has 0 saturated carbocycles. The maximum Gasteiger partial charge on any atom is 0.335 e. The topological polar surface area (TPSA) is 72.8 Å². The van der Waals surface area contributed by atoms with Crippen molar-refractivity contribution in [3.8, 4) is 5.75 Å². The highest BCUT2D eigenvalue weighted by Gasteiger charge is 2.16. The van der Waals surface area contributed by atoms with Crippen LogP contribution in [-0.2, 0) is 9.53 Å². The minimum Gasteiger partial charge on any atom is -0.490 e. The largest absolute Gasteiger partial charge is 0.490 e. The smallest absolute Gasteiger partial charge is 0.335 e. The Bertz CT molecular complexity index is 452. The molecule has 0 amide bonds. The summed E-state index contributed by atoms with van der Waals surface area (Å²) in [6, 6.07) is 6.08. The first-order chi connectivity index (χ1) is 9.43. The van der Waals surface area contributed by atoms with Gasteiger partial charge in [0, 0.05) is 0 Å². The van der Waals surface area contributed by atoms with Crippen LogP contribution in [0, 0.1) is 5.92 Å². The normalized spacial score (nSPS) is 13.3. The fourth-order valence-electron chi connectivity index (χ4n) is 1.42. The highest BCUT2D eigenvalue weighted by atomic mass is 16.6. The van der Waals surface area contributed by atoms with E-state index in [1.807, 2.05) is 13.8 Å². The quantitative estimate of drug-likeness (QED) is 0.777. The second-order valence-electron chi connectivity index (χ2n) is 4.70. The van der Waals surface area contributed by atoms with Crippen molar-refractivity contribution in [2.45, 2.75) is 33.3 Å². The van der Waals surface area contributed by atoms with Crippen LogP contribution in [-0.4, -0.2) is 29.8 Å². The first kappa shape index (κ1) is 16.0. The molecular weight excluding hydrogens is 260 g/mol. The van der Waals surface area contributed by atoms with Gasteiger partial charge in [-0.15, -0.1) is 0 Å². The molecule has 0 fully saturated rings. The van der Waals surface area contributed by atoms with Crippen molar-refractivity contribution >= 4 is 11.9 Å². The number of ether oxygens (including phenoxy) is 2. The molecule has 0 aromatic heterocycles. The highest BCUT2D eigenvalue weighted by Crippen LogP contribution is 2.13. The average Bonchev–Trinajstić information content (AvgIpc) is 2.44. The molecule has 1 N–H and O–H groups in total. The molecule has 110 valence electrons. The zero-order valence-corrected chi connectivity index (χ0v) is 12.0. The zero-order valence-electron chi connectivity index (χ0n) is 12.0. The van der Waals surface area contributed by atoms with Gasteiger partial charge in [-0.2, -0.15) is 0 Å². The molecule has 0 unspecified atom stereocenters. The van der Waals surface area contributed by atoms with Gasteiger partial charge in [-0.3, -0.25) is 4.79 Å². The monoisotopic (exact) mass is 280 g/mol. The summed E-state index contributed by atoms with van der Waals surface area (Å²) in [6.07, 6.45) is 0.388. The summed E-state index contributed by atoms with van der Waals surface area (Å²) < 4.78 is 10.7. The Labute approximate surface area is 118 Å². The van der Waals surface area contributed by atoms with Crippen LogP contribution >= 0.6 is 0 Å². The molecule has 0 aliphatic heterocycles. The number of esters is 1. The van der Waals surface area contributed by atoms with Crippen molar-refractivity contribution < 1.29 is 24.2 Å². The predicted octanol–water partition coefficient (Wildman–Crippen LogP) is 2.74. The first-order valence-electron chi connectivity index (χ1n) is 6.60. The molecule has 0 saturated heterocycles. The van der Waals surface area contributed by atoms with Gasteiger partial charge in [-0.1, -0.05) is 13.8 Å². The third-order valence-corrected chi connectivity index (χ3v) is 2.92. The van der Waals surface area contributed by atoms with Gasteiger partial charge in [0.2, 0.25) is 0 Å². The summed E-state index contributed by atoms with van der Waals surface area (Å²) in [5, 5.41) is 8.77. The lowest BCUT2D eigenvalue weighted by atomic mass is 10.1. The molecule has 1 aromatic rings. The lowest BCUT2D eigenvalue weighted by Gasteiger charge is -2.16. The second kappa shape index (κ2) is 7.53. The Kier molecular flexibility index (Phi) is 6.03. The number of carbonyl (C=O) groups is 2. The molecular formula is C15H20O5. The predicted molar refractivity (Wildman–Crippen MR) is 73.9 cm³/mol. The molecule has 0 bridgehead atoms. The highest BCUT2D eigenvalue weighted by molar-refractivity contribution is 5.87. The van der Waals surface area contributed by atoms with Crippen LogP contribution in [0.1, 0.15) is 37.6 Å². The minimum atomic E-state index is -0.979. The Morgan fingerprint density at radius 2 is 1.80 bits per heavy atom. The molecule has 20 heavy (non-hydrogen) atoms. The summed E-state index contributed by atoms with van der Waals surface area (Å²) in [7, 11) is 0. The first-order valence-corrected chi connectivity index (χ1v) is 6.60. The molecule has 5 heteroatoms. The molecule has 0 aliphatic carbocycles. The number of benzene rings is 1. The maximum atomic E-state index is 11.6. The molecule has 2 atom stereocenters. The summed E-state index contributed by atoms with van der Waals surface area (Å²) in [4.78, 5) is 22.3. The van der Waals surface area contributed by atoms with Crippen LogP contribution < -0.4 is 4.74 Å². The van der Waals surface area contributed by atoms with Crippen LogP contribution in [0.5, 0.6) is 5.75 Å². The maximum absolute atomic E-state index is 11.6. The molecule has 1 rings (SSSR count). The van der Waals surface area contributed by atoms with Gasteiger partial charge >= 0.3 is 11.9 Å². The summed E-state index contributed by atoms with van der Waals surface area (Å²) in [5.41, 5.74) is 0.202. The number of rotatable bonds is 7. The van der Waals surface area contributed by atoms with E-state index in [-0.39, 0.29) is 30.2 Å². The van der Waals surface area contributed by atoms with Gasteiger partial charge in [0.1, 0.15) is 18.5 Å². The molecule has 0 aliphatic rings. The van der Waals surface area contributed by atoms with Gasteiger partial charge in [-0.25, -0.2) is 4.79 Å². The van der Waals surface area contributed by atoms with Crippen LogP contribution in [0.25, 0.3) is 0 Å². The Balaban J connectivity index is 2.42. The second-order valence-corrected chi connectivity index (χ2v) is 4.70. The molecule has 0 radical (unpaired) electrons. The number of hydrogen-bond donors (Lipinski definition) is 1. The molecule has 0 spiro atoms. The third kappa shape index (κ3) is 4.91. The summed E-state index contributed by atoms with van der Waals surface area (Å²) >= 11 is 0. The van der Waals surface area contributed by atoms with E-state index in [4.69, 9.17) is 14.6 Å². The zero-order chi connectivity index (χ0) is 15.1. The van der Waals surface area contributed by atoms with E-state index >= 15 is 0 Å².